The number of carbonyl (C=O) groups is 1. The molecule has 1 aliphatic heterocycles. The van der Waals surface area contributed by atoms with Gasteiger partial charge in [0.1, 0.15) is 4.88 Å². The minimum atomic E-state index is -3.78. The number of hydrogen-bond acceptors (Lipinski definition) is 5. The third-order valence-corrected chi connectivity index (χ3v) is 7.20. The van der Waals surface area contributed by atoms with Gasteiger partial charge in [0.2, 0.25) is 0 Å². The summed E-state index contributed by atoms with van der Waals surface area (Å²) in [6.07, 6.45) is 1.97. The van der Waals surface area contributed by atoms with Crippen molar-refractivity contribution in [2.24, 2.45) is 5.92 Å². The molecule has 0 bridgehead atoms. The number of rotatable bonds is 4. The summed E-state index contributed by atoms with van der Waals surface area (Å²) < 4.78 is 27.4. The van der Waals surface area contributed by atoms with Crippen LogP contribution in [-0.4, -0.2) is 37.3 Å². The molecule has 1 aromatic carbocycles. The highest BCUT2D eigenvalue weighted by molar-refractivity contribution is 7.93. The number of hydrogen-bond donors (Lipinski definition) is 1. The van der Waals surface area contributed by atoms with Gasteiger partial charge in [0, 0.05) is 18.1 Å². The Morgan fingerprint density at radius 3 is 2.50 bits per heavy atom. The molecule has 0 unspecified atom stereocenters. The van der Waals surface area contributed by atoms with E-state index in [2.05, 4.69) is 16.6 Å². The van der Waals surface area contributed by atoms with Crippen LogP contribution in [-0.2, 0) is 10.0 Å². The monoisotopic (exact) mass is 413 g/mol. The Bertz CT molecular complexity index is 902. The zero-order valence-electron chi connectivity index (χ0n) is 14.5. The first kappa shape index (κ1) is 19.1. The third kappa shape index (κ3) is 4.19. The van der Waals surface area contributed by atoms with Crippen molar-refractivity contribution < 1.29 is 13.2 Å². The maximum atomic E-state index is 12.7. The summed E-state index contributed by atoms with van der Waals surface area (Å²) >= 11 is 6.86. The highest BCUT2D eigenvalue weighted by Crippen LogP contribution is 2.28. The molecule has 1 aromatic heterocycles. The third-order valence-electron chi connectivity index (χ3n) is 4.41. The Kier molecular flexibility index (Phi) is 5.55. The van der Waals surface area contributed by atoms with Crippen molar-refractivity contribution >= 4 is 44.0 Å². The Morgan fingerprint density at radius 1 is 1.27 bits per heavy atom. The summed E-state index contributed by atoms with van der Waals surface area (Å²) in [5, 5.41) is 0.643. The average Bonchev–Trinajstić information content (AvgIpc) is 2.95. The molecule has 1 fully saturated rings. The van der Waals surface area contributed by atoms with Gasteiger partial charge in [-0.2, -0.15) is 0 Å². The fraction of sp³-hybridized carbons (Fsp3) is 0.412. The Morgan fingerprint density at radius 2 is 1.88 bits per heavy atom. The highest BCUT2D eigenvalue weighted by atomic mass is 35.5. The predicted molar refractivity (Wildman–Crippen MR) is 103 cm³/mol. The first-order valence-electron chi connectivity index (χ1n) is 8.31. The van der Waals surface area contributed by atoms with E-state index in [-0.39, 0.29) is 15.9 Å². The van der Waals surface area contributed by atoms with E-state index >= 15 is 0 Å². The van der Waals surface area contributed by atoms with E-state index in [0.717, 1.165) is 37.3 Å². The van der Waals surface area contributed by atoms with E-state index in [4.69, 9.17) is 11.6 Å². The number of benzene rings is 1. The molecule has 1 N–H and O–H groups in total. The zero-order chi connectivity index (χ0) is 18.9. The molecule has 0 atom stereocenters. The van der Waals surface area contributed by atoms with Crippen molar-refractivity contribution in [3.05, 3.63) is 39.9 Å². The van der Waals surface area contributed by atoms with E-state index in [1.165, 1.54) is 24.3 Å². The Hall–Kier alpha value is -1.64. The van der Waals surface area contributed by atoms with Gasteiger partial charge in [0.05, 0.1) is 10.6 Å². The number of anilines is 1. The molecule has 1 aliphatic rings. The maximum Gasteiger partial charge on any atom is 0.265 e. The zero-order valence-corrected chi connectivity index (χ0v) is 16.9. The van der Waals surface area contributed by atoms with Crippen molar-refractivity contribution in [1.82, 2.24) is 9.88 Å². The van der Waals surface area contributed by atoms with Gasteiger partial charge < -0.3 is 4.90 Å². The van der Waals surface area contributed by atoms with Gasteiger partial charge in [-0.25, -0.2) is 13.4 Å². The van der Waals surface area contributed by atoms with Crippen molar-refractivity contribution in [3.63, 3.8) is 0 Å². The topological polar surface area (TPSA) is 79.4 Å². The molecule has 0 spiro atoms. The van der Waals surface area contributed by atoms with E-state index < -0.39 is 10.0 Å². The number of sulfonamides is 1. The number of thiazole rings is 1. The molecule has 2 aromatic rings. The van der Waals surface area contributed by atoms with E-state index in [0.29, 0.717) is 21.5 Å². The van der Waals surface area contributed by atoms with Crippen molar-refractivity contribution in [2.75, 3.05) is 17.8 Å². The second-order valence-electron chi connectivity index (χ2n) is 6.47. The summed E-state index contributed by atoms with van der Waals surface area (Å²) in [4.78, 5) is 19.3. The molecule has 0 aliphatic carbocycles. The van der Waals surface area contributed by atoms with Crippen LogP contribution in [0, 0.1) is 12.8 Å². The first-order chi connectivity index (χ1) is 12.3. The van der Waals surface area contributed by atoms with Crippen molar-refractivity contribution in [1.29, 1.82) is 0 Å². The van der Waals surface area contributed by atoms with E-state index in [1.54, 1.807) is 6.92 Å². The number of aromatic nitrogens is 1. The summed E-state index contributed by atoms with van der Waals surface area (Å²) in [7, 11) is -3.78. The number of likely N-dealkylation sites (tertiary alicyclic amines) is 1. The molecular formula is C17H20ClN3O3S2. The molecule has 1 saturated heterocycles. The van der Waals surface area contributed by atoms with Gasteiger partial charge >= 0.3 is 0 Å². The number of aryl methyl sites for hydroxylation is 1. The molecule has 26 heavy (non-hydrogen) atoms. The molecule has 1 amide bonds. The molecule has 0 radical (unpaired) electrons. The number of carbonyl (C=O) groups excluding carboxylic acids is 1. The first-order valence-corrected chi connectivity index (χ1v) is 11.0. The van der Waals surface area contributed by atoms with Crippen LogP contribution >= 0.6 is 22.9 Å². The van der Waals surface area contributed by atoms with Gasteiger partial charge in [-0.1, -0.05) is 29.9 Å². The van der Waals surface area contributed by atoms with Crippen LogP contribution in [0.25, 0.3) is 0 Å². The molecule has 6 nitrogen and oxygen atoms in total. The van der Waals surface area contributed by atoms with Gasteiger partial charge in [0.25, 0.3) is 15.9 Å². The molecule has 0 saturated carbocycles. The van der Waals surface area contributed by atoms with Crippen LogP contribution in [0.5, 0.6) is 0 Å². The van der Waals surface area contributed by atoms with Crippen LogP contribution in [0.3, 0.4) is 0 Å². The highest BCUT2D eigenvalue weighted by Gasteiger charge is 2.26. The van der Waals surface area contributed by atoms with Gasteiger partial charge in [-0.15, -0.1) is 0 Å². The molecule has 2 heterocycles. The smallest absolute Gasteiger partial charge is 0.265 e. The number of amides is 1. The number of piperidine rings is 1. The fourth-order valence-electron chi connectivity index (χ4n) is 2.78. The normalized spacial score (nSPS) is 15.9. The van der Waals surface area contributed by atoms with Crippen LogP contribution in [0.4, 0.5) is 5.13 Å². The number of nitrogens with zero attached hydrogens (tertiary/aromatic N) is 2. The Labute approximate surface area is 162 Å². The lowest BCUT2D eigenvalue weighted by molar-refractivity contribution is 0.0701. The van der Waals surface area contributed by atoms with E-state index in [9.17, 15) is 13.2 Å². The second-order valence-corrected chi connectivity index (χ2v) is 9.59. The van der Waals surface area contributed by atoms with E-state index in [1.807, 2.05) is 4.90 Å². The van der Waals surface area contributed by atoms with Crippen LogP contribution in [0.15, 0.2) is 29.2 Å². The lowest BCUT2D eigenvalue weighted by Crippen LogP contribution is -2.37. The quantitative estimate of drug-likeness (QED) is 0.827. The average molecular weight is 414 g/mol. The minimum Gasteiger partial charge on any atom is -0.338 e. The summed E-state index contributed by atoms with van der Waals surface area (Å²) in [5.41, 5.74) is 0.535. The van der Waals surface area contributed by atoms with Gasteiger partial charge in [-0.05, 0) is 49.9 Å². The van der Waals surface area contributed by atoms with Crippen LogP contribution in [0.1, 0.15) is 35.1 Å². The molecular weight excluding hydrogens is 394 g/mol. The minimum absolute atomic E-state index is 0.0798. The van der Waals surface area contributed by atoms with Crippen LogP contribution in [0.2, 0.25) is 5.02 Å². The maximum absolute atomic E-state index is 12.7. The number of halogens is 1. The molecule has 9 heteroatoms. The standard InChI is InChI=1S/C17H20ClN3O3S2/c1-11-7-9-21(10-8-11)16(22)15-12(2)19-17(25-15)20-26(23,24)14-5-3-13(18)4-6-14/h3-6,11H,7-10H2,1-2H3,(H,19,20). The lowest BCUT2D eigenvalue weighted by Gasteiger charge is -2.29. The van der Waals surface area contributed by atoms with Gasteiger partial charge in [0.15, 0.2) is 5.13 Å². The SMILES string of the molecule is Cc1nc(NS(=O)(=O)c2ccc(Cl)cc2)sc1C(=O)N1CCC(C)CC1. The van der Waals surface area contributed by atoms with Gasteiger partial charge in [-0.3, -0.25) is 9.52 Å². The molecule has 140 valence electrons. The molecule has 3 rings (SSSR count). The summed E-state index contributed by atoms with van der Waals surface area (Å²) in [6.45, 7) is 5.35. The van der Waals surface area contributed by atoms with Crippen molar-refractivity contribution in [2.45, 2.75) is 31.6 Å². The van der Waals surface area contributed by atoms with Crippen LogP contribution < -0.4 is 4.72 Å². The lowest BCUT2D eigenvalue weighted by atomic mass is 9.99. The predicted octanol–water partition coefficient (Wildman–Crippen LogP) is 3.78. The second kappa shape index (κ2) is 7.54. The van der Waals surface area contributed by atoms with Crippen molar-refractivity contribution in [3.8, 4) is 0 Å². The summed E-state index contributed by atoms with van der Waals surface area (Å²) in [6, 6.07) is 5.86. The number of nitrogens with one attached hydrogen (secondary N) is 1. The summed E-state index contributed by atoms with van der Waals surface area (Å²) in [5.74, 6) is 0.548. The fourth-order valence-corrected chi connectivity index (χ4v) is 5.08. The largest absolute Gasteiger partial charge is 0.338 e. The Balaban J connectivity index is 1.77.